The van der Waals surface area contributed by atoms with Gasteiger partial charge in [-0.25, -0.2) is 9.97 Å². The summed E-state index contributed by atoms with van der Waals surface area (Å²) in [4.78, 5) is 39.5. The number of hydrogen-bond donors (Lipinski definition) is 2. The van der Waals surface area contributed by atoms with Crippen LogP contribution in [-0.4, -0.2) is 50.8 Å². The van der Waals surface area contributed by atoms with Crippen LogP contribution in [0.25, 0.3) is 11.2 Å². The molecule has 2 fully saturated rings. The van der Waals surface area contributed by atoms with Gasteiger partial charge in [-0.2, -0.15) is 5.26 Å². The summed E-state index contributed by atoms with van der Waals surface area (Å²) in [6, 6.07) is 1.48. The number of likely N-dealkylation sites (tertiary alicyclic amines) is 1. The van der Waals surface area contributed by atoms with Gasteiger partial charge in [-0.05, 0) is 18.3 Å². The third kappa shape index (κ3) is 3.33. The second-order valence-corrected chi connectivity index (χ2v) is 8.81. The predicted molar refractivity (Wildman–Crippen MR) is 102 cm³/mol. The van der Waals surface area contributed by atoms with Gasteiger partial charge >= 0.3 is 0 Å². The van der Waals surface area contributed by atoms with Crippen molar-refractivity contribution >= 4 is 23.0 Å². The third-order valence-corrected chi connectivity index (χ3v) is 5.40. The first kappa shape index (κ1) is 18.4. The molecule has 2 amide bonds. The largest absolute Gasteiger partial charge is 0.344 e. The normalized spacial score (nSPS) is 18.4. The number of H-pyrrole nitrogens is 1. The lowest BCUT2D eigenvalue weighted by atomic mass is 9.84. The van der Waals surface area contributed by atoms with E-state index in [4.69, 9.17) is 5.26 Å². The molecule has 0 bridgehead atoms. The highest BCUT2D eigenvalue weighted by Crippen LogP contribution is 2.39. The number of amides is 2. The average molecular weight is 380 g/mol. The second kappa shape index (κ2) is 6.59. The monoisotopic (exact) mass is 380 g/mol. The van der Waals surface area contributed by atoms with Gasteiger partial charge in [0.2, 0.25) is 5.91 Å². The SMILES string of the molecule is CC(C)(C)C(NC(=O)c1c[nH]c2ncc(C3CC3)nc12)C(=O)N1CC(C#N)C1. The lowest BCUT2D eigenvalue weighted by molar-refractivity contribution is -0.141. The molecule has 1 unspecified atom stereocenters. The summed E-state index contributed by atoms with van der Waals surface area (Å²) in [5, 5.41) is 11.8. The van der Waals surface area contributed by atoms with Crippen LogP contribution in [0.5, 0.6) is 0 Å². The third-order valence-electron chi connectivity index (χ3n) is 5.40. The van der Waals surface area contributed by atoms with E-state index in [0.717, 1.165) is 18.5 Å². The predicted octanol–water partition coefficient (Wildman–Crippen LogP) is 1.96. The molecule has 1 atom stereocenters. The second-order valence-electron chi connectivity index (χ2n) is 8.81. The molecule has 1 saturated heterocycles. The first-order valence-electron chi connectivity index (χ1n) is 9.61. The Morgan fingerprint density at radius 2 is 2.07 bits per heavy atom. The topological polar surface area (TPSA) is 115 Å². The molecule has 146 valence electrons. The lowest BCUT2D eigenvalue weighted by Gasteiger charge is -2.41. The summed E-state index contributed by atoms with van der Waals surface area (Å²) in [5.41, 5.74) is 1.93. The van der Waals surface area contributed by atoms with E-state index in [1.165, 1.54) is 0 Å². The molecule has 3 heterocycles. The summed E-state index contributed by atoms with van der Waals surface area (Å²) < 4.78 is 0. The van der Waals surface area contributed by atoms with Crippen LogP contribution in [0.15, 0.2) is 12.4 Å². The first-order chi connectivity index (χ1) is 13.3. The van der Waals surface area contributed by atoms with Crippen molar-refractivity contribution in [1.82, 2.24) is 25.2 Å². The van der Waals surface area contributed by atoms with Gasteiger partial charge in [0.1, 0.15) is 11.6 Å². The minimum absolute atomic E-state index is 0.120. The number of carbonyl (C=O) groups is 2. The zero-order chi connectivity index (χ0) is 20.1. The number of fused-ring (bicyclic) bond motifs is 1. The summed E-state index contributed by atoms with van der Waals surface area (Å²) in [5.74, 6) is -0.188. The zero-order valence-electron chi connectivity index (χ0n) is 16.3. The molecule has 0 spiro atoms. The van der Waals surface area contributed by atoms with Crippen molar-refractivity contribution in [2.24, 2.45) is 11.3 Å². The number of hydrogen-bond acceptors (Lipinski definition) is 5. The molecule has 1 aliphatic heterocycles. The Labute approximate surface area is 163 Å². The van der Waals surface area contributed by atoms with Crippen LogP contribution in [0.4, 0.5) is 0 Å². The highest BCUT2D eigenvalue weighted by atomic mass is 16.2. The standard InChI is InChI=1S/C20H24N6O2/c1-20(2,3)16(19(28)26-9-11(6-21)10-26)25-18(27)13-7-22-17-15(13)24-14(8-23-17)12-4-5-12/h7-8,11-12,16H,4-5,9-10H2,1-3H3,(H,22,23)(H,25,27). The van der Waals surface area contributed by atoms with Crippen LogP contribution in [-0.2, 0) is 4.79 Å². The number of carbonyl (C=O) groups excluding carboxylic acids is 2. The fourth-order valence-electron chi connectivity index (χ4n) is 3.43. The molecular formula is C20H24N6O2. The minimum Gasteiger partial charge on any atom is -0.344 e. The van der Waals surface area contributed by atoms with Crippen molar-refractivity contribution in [2.75, 3.05) is 13.1 Å². The van der Waals surface area contributed by atoms with Crippen molar-refractivity contribution in [3.8, 4) is 6.07 Å². The van der Waals surface area contributed by atoms with Crippen LogP contribution in [0.2, 0.25) is 0 Å². The molecule has 0 radical (unpaired) electrons. The maximum atomic E-state index is 13.0. The average Bonchev–Trinajstić information content (AvgIpc) is 3.36. The molecule has 8 heteroatoms. The smallest absolute Gasteiger partial charge is 0.255 e. The van der Waals surface area contributed by atoms with E-state index in [2.05, 4.69) is 26.3 Å². The van der Waals surface area contributed by atoms with Gasteiger partial charge in [-0.15, -0.1) is 0 Å². The van der Waals surface area contributed by atoms with Crippen LogP contribution < -0.4 is 5.32 Å². The summed E-state index contributed by atoms with van der Waals surface area (Å²) >= 11 is 0. The number of nitrogens with zero attached hydrogens (tertiary/aromatic N) is 4. The zero-order valence-corrected chi connectivity index (χ0v) is 16.3. The molecule has 2 aromatic rings. The summed E-state index contributed by atoms with van der Waals surface area (Å²) in [7, 11) is 0. The van der Waals surface area contributed by atoms with Crippen molar-refractivity contribution in [1.29, 1.82) is 5.26 Å². The highest BCUT2D eigenvalue weighted by Gasteiger charge is 2.40. The fourth-order valence-corrected chi connectivity index (χ4v) is 3.43. The molecule has 2 aliphatic rings. The Morgan fingerprint density at radius 3 is 2.68 bits per heavy atom. The molecule has 4 rings (SSSR count). The van der Waals surface area contributed by atoms with Crippen molar-refractivity contribution in [2.45, 2.75) is 45.6 Å². The van der Waals surface area contributed by atoms with Crippen LogP contribution in [0.1, 0.15) is 55.6 Å². The van der Waals surface area contributed by atoms with E-state index >= 15 is 0 Å². The maximum absolute atomic E-state index is 13.0. The number of nitriles is 1. The van der Waals surface area contributed by atoms with Gasteiger partial charge in [0, 0.05) is 25.2 Å². The first-order valence-corrected chi connectivity index (χ1v) is 9.61. The van der Waals surface area contributed by atoms with E-state index < -0.39 is 11.5 Å². The van der Waals surface area contributed by atoms with Crippen LogP contribution in [0, 0.1) is 22.7 Å². The van der Waals surface area contributed by atoms with Gasteiger partial charge in [0.05, 0.1) is 29.4 Å². The fraction of sp³-hybridized carbons (Fsp3) is 0.550. The summed E-state index contributed by atoms with van der Waals surface area (Å²) in [6.07, 6.45) is 5.56. The molecule has 1 aliphatic carbocycles. The van der Waals surface area contributed by atoms with Crippen molar-refractivity contribution < 1.29 is 9.59 Å². The number of nitrogens with one attached hydrogen (secondary N) is 2. The highest BCUT2D eigenvalue weighted by molar-refractivity contribution is 6.06. The molecule has 2 aromatic heterocycles. The van der Waals surface area contributed by atoms with E-state index in [0.29, 0.717) is 35.7 Å². The molecule has 0 aromatic carbocycles. The molecular weight excluding hydrogens is 356 g/mol. The Hall–Kier alpha value is -2.95. The number of aromatic amines is 1. The van der Waals surface area contributed by atoms with Crippen LogP contribution in [0.3, 0.4) is 0 Å². The quantitative estimate of drug-likeness (QED) is 0.841. The van der Waals surface area contributed by atoms with E-state index in [1.54, 1.807) is 17.3 Å². The minimum atomic E-state index is -0.691. The summed E-state index contributed by atoms with van der Waals surface area (Å²) in [6.45, 7) is 6.58. The molecule has 1 saturated carbocycles. The van der Waals surface area contributed by atoms with E-state index in [1.807, 2.05) is 20.8 Å². The van der Waals surface area contributed by atoms with E-state index in [9.17, 15) is 9.59 Å². The van der Waals surface area contributed by atoms with Gasteiger partial charge < -0.3 is 15.2 Å². The molecule has 8 nitrogen and oxygen atoms in total. The number of aromatic nitrogens is 3. The number of rotatable bonds is 4. The molecule has 28 heavy (non-hydrogen) atoms. The van der Waals surface area contributed by atoms with Crippen LogP contribution >= 0.6 is 0 Å². The lowest BCUT2D eigenvalue weighted by Crippen LogP contribution is -2.60. The van der Waals surface area contributed by atoms with E-state index in [-0.39, 0.29) is 17.7 Å². The Balaban J connectivity index is 1.56. The Morgan fingerprint density at radius 1 is 1.36 bits per heavy atom. The molecule has 2 N–H and O–H groups in total. The van der Waals surface area contributed by atoms with Gasteiger partial charge in [0.25, 0.3) is 5.91 Å². The Kier molecular flexibility index (Phi) is 4.33. The maximum Gasteiger partial charge on any atom is 0.255 e. The van der Waals surface area contributed by atoms with Gasteiger partial charge in [0.15, 0.2) is 5.65 Å². The Bertz CT molecular complexity index is 973. The van der Waals surface area contributed by atoms with Gasteiger partial charge in [-0.1, -0.05) is 20.8 Å². The van der Waals surface area contributed by atoms with Crippen molar-refractivity contribution in [3.05, 3.63) is 23.7 Å². The van der Waals surface area contributed by atoms with Gasteiger partial charge in [-0.3, -0.25) is 9.59 Å². The van der Waals surface area contributed by atoms with Crippen molar-refractivity contribution in [3.63, 3.8) is 0 Å².